The molecule has 1 aliphatic heterocycles. The number of fused-ring (bicyclic) bond motifs is 1. The largest absolute Gasteiger partial charge is 0.304 e. The molecule has 19 heavy (non-hydrogen) atoms. The number of hydrogen-bond donors (Lipinski definition) is 0. The Morgan fingerprint density at radius 3 is 2.68 bits per heavy atom. The second-order valence-corrected chi connectivity index (χ2v) is 6.82. The zero-order valence-corrected chi connectivity index (χ0v) is 12.3. The van der Waals surface area contributed by atoms with Crippen molar-refractivity contribution in [2.24, 2.45) is 0 Å². The highest BCUT2D eigenvalue weighted by Crippen LogP contribution is 2.29. The van der Waals surface area contributed by atoms with Gasteiger partial charge >= 0.3 is 0 Å². The molecule has 0 N–H and O–H groups in total. The third kappa shape index (κ3) is 2.27. The highest BCUT2D eigenvalue weighted by Gasteiger charge is 2.23. The van der Waals surface area contributed by atoms with Crippen molar-refractivity contribution in [2.45, 2.75) is 38.6 Å². The topological polar surface area (TPSA) is 21.1 Å². The summed E-state index contributed by atoms with van der Waals surface area (Å²) >= 11 is 0. The fourth-order valence-corrected chi connectivity index (χ4v) is 2.91. The number of likely N-dealkylation sites (tertiary alicyclic amines) is 1. The molecule has 3 rings (SSSR count). The lowest BCUT2D eigenvalue weighted by molar-refractivity contribution is 0.386. The molecule has 1 aromatic heterocycles. The highest BCUT2D eigenvalue weighted by atomic mass is 15.3. The summed E-state index contributed by atoms with van der Waals surface area (Å²) < 4.78 is 2.23. The molecule has 1 aromatic carbocycles. The van der Waals surface area contributed by atoms with Crippen LogP contribution in [0.25, 0.3) is 10.9 Å². The number of nitrogens with zero attached hydrogens (tertiary/aromatic N) is 3. The molecule has 2 aromatic rings. The van der Waals surface area contributed by atoms with Crippen LogP contribution in [0.3, 0.4) is 0 Å². The fourth-order valence-electron chi connectivity index (χ4n) is 2.91. The van der Waals surface area contributed by atoms with Gasteiger partial charge in [-0.05, 0) is 37.1 Å². The molecule has 0 amide bonds. The van der Waals surface area contributed by atoms with Gasteiger partial charge in [0.15, 0.2) is 0 Å². The van der Waals surface area contributed by atoms with Crippen LogP contribution < -0.4 is 0 Å². The van der Waals surface area contributed by atoms with E-state index >= 15 is 0 Å². The van der Waals surface area contributed by atoms with Crippen LogP contribution in [0.1, 0.15) is 38.8 Å². The lowest BCUT2D eigenvalue weighted by Gasteiger charge is -2.20. The lowest BCUT2D eigenvalue weighted by Crippen LogP contribution is -2.17. The number of aromatic nitrogens is 2. The molecule has 0 spiro atoms. The quantitative estimate of drug-likeness (QED) is 0.782. The average Bonchev–Trinajstić information content (AvgIpc) is 2.92. The van der Waals surface area contributed by atoms with Crippen LogP contribution in [-0.2, 0) is 5.41 Å². The minimum atomic E-state index is 0.190. The summed E-state index contributed by atoms with van der Waals surface area (Å²) in [7, 11) is 2.19. The van der Waals surface area contributed by atoms with Gasteiger partial charge < -0.3 is 4.90 Å². The Hall–Kier alpha value is -1.35. The first-order chi connectivity index (χ1) is 8.95. The van der Waals surface area contributed by atoms with E-state index in [1.54, 1.807) is 0 Å². The standard InChI is InChI=1S/C16H23N3/c1-16(2,3)13-6-5-12-10-17-19(15(12)9-13)14-7-8-18(4)11-14/h5-6,9-10,14H,7-8,11H2,1-4H3. The summed E-state index contributed by atoms with van der Waals surface area (Å²) in [6, 6.07) is 7.28. The van der Waals surface area contributed by atoms with Crippen molar-refractivity contribution in [1.29, 1.82) is 0 Å². The van der Waals surface area contributed by atoms with Crippen LogP contribution in [-0.4, -0.2) is 34.8 Å². The van der Waals surface area contributed by atoms with Crippen LogP contribution >= 0.6 is 0 Å². The van der Waals surface area contributed by atoms with E-state index < -0.39 is 0 Å². The van der Waals surface area contributed by atoms with E-state index in [0.29, 0.717) is 6.04 Å². The molecule has 1 aliphatic rings. The highest BCUT2D eigenvalue weighted by molar-refractivity contribution is 5.79. The van der Waals surface area contributed by atoms with Crippen LogP contribution in [0, 0.1) is 0 Å². The van der Waals surface area contributed by atoms with Crippen molar-refractivity contribution < 1.29 is 0 Å². The Labute approximate surface area is 115 Å². The maximum absolute atomic E-state index is 4.62. The van der Waals surface area contributed by atoms with Crippen molar-refractivity contribution >= 4 is 10.9 Å². The van der Waals surface area contributed by atoms with Gasteiger partial charge in [0, 0.05) is 11.9 Å². The summed E-state index contributed by atoms with van der Waals surface area (Å²) in [5, 5.41) is 5.88. The molecular weight excluding hydrogens is 234 g/mol. The average molecular weight is 257 g/mol. The van der Waals surface area contributed by atoms with Gasteiger partial charge in [0.1, 0.15) is 0 Å². The molecule has 1 saturated heterocycles. The second kappa shape index (κ2) is 4.34. The Kier molecular flexibility index (Phi) is 2.90. The number of likely N-dealkylation sites (N-methyl/N-ethyl adjacent to an activating group) is 1. The zero-order chi connectivity index (χ0) is 13.6. The Morgan fingerprint density at radius 1 is 1.26 bits per heavy atom. The van der Waals surface area contributed by atoms with Gasteiger partial charge in [-0.3, -0.25) is 4.68 Å². The van der Waals surface area contributed by atoms with Gasteiger partial charge in [-0.15, -0.1) is 0 Å². The smallest absolute Gasteiger partial charge is 0.0689 e. The zero-order valence-electron chi connectivity index (χ0n) is 12.3. The Balaban J connectivity index is 2.06. The van der Waals surface area contributed by atoms with E-state index in [0.717, 1.165) is 6.54 Å². The summed E-state index contributed by atoms with van der Waals surface area (Å²) in [5.41, 5.74) is 2.86. The van der Waals surface area contributed by atoms with Crippen LogP contribution in [0.4, 0.5) is 0 Å². The monoisotopic (exact) mass is 257 g/mol. The summed E-state index contributed by atoms with van der Waals surface area (Å²) in [6.07, 6.45) is 3.20. The number of hydrogen-bond acceptors (Lipinski definition) is 2. The molecule has 2 heterocycles. The molecule has 3 nitrogen and oxygen atoms in total. The number of rotatable bonds is 1. The van der Waals surface area contributed by atoms with Crippen LogP contribution in [0.2, 0.25) is 0 Å². The molecule has 1 atom stereocenters. The first kappa shape index (κ1) is 12.7. The summed E-state index contributed by atoms with van der Waals surface area (Å²) in [5.74, 6) is 0. The lowest BCUT2D eigenvalue weighted by atomic mass is 9.87. The van der Waals surface area contributed by atoms with Gasteiger partial charge in [0.2, 0.25) is 0 Å². The van der Waals surface area contributed by atoms with Crippen molar-refractivity contribution in [3.8, 4) is 0 Å². The van der Waals surface area contributed by atoms with Crippen molar-refractivity contribution in [3.63, 3.8) is 0 Å². The molecule has 0 saturated carbocycles. The predicted molar refractivity (Wildman–Crippen MR) is 79.6 cm³/mol. The molecule has 0 bridgehead atoms. The third-order valence-corrected chi connectivity index (χ3v) is 4.18. The van der Waals surface area contributed by atoms with Crippen LogP contribution in [0.15, 0.2) is 24.4 Å². The molecule has 1 unspecified atom stereocenters. The van der Waals surface area contributed by atoms with E-state index in [9.17, 15) is 0 Å². The maximum Gasteiger partial charge on any atom is 0.0689 e. The first-order valence-corrected chi connectivity index (χ1v) is 7.11. The Bertz CT molecular complexity index is 592. The molecule has 0 aliphatic carbocycles. The van der Waals surface area contributed by atoms with Crippen molar-refractivity contribution in [2.75, 3.05) is 20.1 Å². The first-order valence-electron chi connectivity index (χ1n) is 7.11. The molecule has 1 fully saturated rings. The predicted octanol–water partition coefficient (Wildman–Crippen LogP) is 3.21. The SMILES string of the molecule is CN1CCC(n2ncc3ccc(C(C)(C)C)cc32)C1. The second-order valence-electron chi connectivity index (χ2n) is 6.82. The Morgan fingerprint density at radius 2 is 2.05 bits per heavy atom. The van der Waals surface area contributed by atoms with Gasteiger partial charge in [-0.2, -0.15) is 5.10 Å². The van der Waals surface area contributed by atoms with E-state index in [1.807, 2.05) is 6.20 Å². The van der Waals surface area contributed by atoms with Crippen LogP contribution in [0.5, 0.6) is 0 Å². The summed E-state index contributed by atoms with van der Waals surface area (Å²) in [4.78, 5) is 2.38. The van der Waals surface area contributed by atoms with E-state index in [2.05, 4.69) is 60.7 Å². The third-order valence-electron chi connectivity index (χ3n) is 4.18. The van der Waals surface area contributed by atoms with Crippen molar-refractivity contribution in [3.05, 3.63) is 30.0 Å². The van der Waals surface area contributed by atoms with Gasteiger partial charge in [0.25, 0.3) is 0 Å². The van der Waals surface area contributed by atoms with Gasteiger partial charge in [-0.1, -0.05) is 32.9 Å². The summed E-state index contributed by atoms with van der Waals surface area (Å²) in [6.45, 7) is 9.07. The maximum atomic E-state index is 4.62. The van der Waals surface area contributed by atoms with Crippen molar-refractivity contribution in [1.82, 2.24) is 14.7 Å². The normalized spacial score (nSPS) is 21.4. The molecule has 102 valence electrons. The fraction of sp³-hybridized carbons (Fsp3) is 0.562. The minimum absolute atomic E-state index is 0.190. The van der Waals surface area contributed by atoms with Gasteiger partial charge in [-0.25, -0.2) is 0 Å². The molecular formula is C16H23N3. The molecule has 0 radical (unpaired) electrons. The van der Waals surface area contributed by atoms with E-state index in [1.165, 1.54) is 29.4 Å². The van der Waals surface area contributed by atoms with Gasteiger partial charge in [0.05, 0.1) is 17.8 Å². The van der Waals surface area contributed by atoms with E-state index in [-0.39, 0.29) is 5.41 Å². The number of benzene rings is 1. The minimum Gasteiger partial charge on any atom is -0.304 e. The molecule has 3 heteroatoms. The van der Waals surface area contributed by atoms with E-state index in [4.69, 9.17) is 0 Å².